The number of halogens is 1. The third kappa shape index (κ3) is 6.42. The molecule has 1 aromatic carbocycles. The Morgan fingerprint density at radius 2 is 1.82 bits per heavy atom. The first-order chi connectivity index (χ1) is 10.3. The van der Waals surface area contributed by atoms with Crippen molar-refractivity contribution in [3.05, 3.63) is 24.3 Å². The van der Waals surface area contributed by atoms with Gasteiger partial charge in [-0.15, -0.1) is 12.4 Å². The molecule has 0 spiro atoms. The average Bonchev–Trinajstić information content (AvgIpc) is 2.54. The van der Waals surface area contributed by atoms with Crippen LogP contribution in [0, 0.1) is 5.92 Å². The summed E-state index contributed by atoms with van der Waals surface area (Å²) < 4.78 is 11.1. The SMILES string of the molecule is COc1ccccc1OCCN(C)CCC1CCNCC1.Cl. The minimum Gasteiger partial charge on any atom is -0.493 e. The topological polar surface area (TPSA) is 33.7 Å². The van der Waals surface area contributed by atoms with E-state index in [9.17, 15) is 0 Å². The Morgan fingerprint density at radius 1 is 1.14 bits per heavy atom. The molecule has 0 atom stereocenters. The van der Waals surface area contributed by atoms with Crippen LogP contribution in [0.2, 0.25) is 0 Å². The summed E-state index contributed by atoms with van der Waals surface area (Å²) in [5.41, 5.74) is 0. The Morgan fingerprint density at radius 3 is 2.50 bits per heavy atom. The number of likely N-dealkylation sites (N-methyl/N-ethyl adjacent to an activating group) is 1. The van der Waals surface area contributed by atoms with E-state index >= 15 is 0 Å². The summed E-state index contributed by atoms with van der Waals surface area (Å²) in [6.45, 7) is 5.17. The summed E-state index contributed by atoms with van der Waals surface area (Å²) in [7, 11) is 3.85. The van der Waals surface area contributed by atoms with Crippen LogP contribution < -0.4 is 14.8 Å². The predicted molar refractivity (Wildman–Crippen MR) is 93.4 cm³/mol. The fourth-order valence-electron chi connectivity index (χ4n) is 2.73. The first-order valence-corrected chi connectivity index (χ1v) is 7.94. The molecule has 1 N–H and O–H groups in total. The number of hydrogen-bond acceptors (Lipinski definition) is 4. The van der Waals surface area contributed by atoms with E-state index in [0.29, 0.717) is 6.61 Å². The molecule has 0 aliphatic carbocycles. The summed E-state index contributed by atoms with van der Waals surface area (Å²) in [6.07, 6.45) is 3.95. The van der Waals surface area contributed by atoms with Crippen molar-refractivity contribution in [3.63, 3.8) is 0 Å². The molecular formula is C17H29ClN2O2. The molecule has 2 rings (SSSR count). The molecule has 0 aromatic heterocycles. The van der Waals surface area contributed by atoms with Gasteiger partial charge in [-0.25, -0.2) is 0 Å². The Bertz CT molecular complexity index is 411. The summed E-state index contributed by atoms with van der Waals surface area (Å²) >= 11 is 0. The van der Waals surface area contributed by atoms with Crippen LogP contribution in [0.3, 0.4) is 0 Å². The molecule has 1 heterocycles. The molecule has 1 saturated heterocycles. The van der Waals surface area contributed by atoms with Crippen molar-refractivity contribution >= 4 is 12.4 Å². The molecule has 0 unspecified atom stereocenters. The highest BCUT2D eigenvalue weighted by atomic mass is 35.5. The number of ether oxygens (including phenoxy) is 2. The standard InChI is InChI=1S/C17H28N2O2.ClH/c1-19(12-9-15-7-10-18-11-8-15)13-14-21-17-6-4-3-5-16(17)20-2;/h3-6,15,18H,7-14H2,1-2H3;1H. The van der Waals surface area contributed by atoms with Crippen molar-refractivity contribution < 1.29 is 9.47 Å². The van der Waals surface area contributed by atoms with Gasteiger partial charge in [0.25, 0.3) is 0 Å². The second kappa shape index (κ2) is 10.7. The van der Waals surface area contributed by atoms with Gasteiger partial charge < -0.3 is 19.7 Å². The monoisotopic (exact) mass is 328 g/mol. The minimum atomic E-state index is 0. The van der Waals surface area contributed by atoms with Crippen LogP contribution in [-0.2, 0) is 0 Å². The van der Waals surface area contributed by atoms with E-state index in [4.69, 9.17) is 9.47 Å². The number of hydrogen-bond donors (Lipinski definition) is 1. The zero-order valence-corrected chi connectivity index (χ0v) is 14.5. The molecule has 4 nitrogen and oxygen atoms in total. The highest BCUT2D eigenvalue weighted by Gasteiger charge is 2.13. The summed E-state index contributed by atoms with van der Waals surface area (Å²) in [5.74, 6) is 2.52. The molecule has 1 aliphatic rings. The Hall–Kier alpha value is -0.970. The zero-order valence-electron chi connectivity index (χ0n) is 13.7. The summed E-state index contributed by atoms with van der Waals surface area (Å²) in [4.78, 5) is 2.36. The third-order valence-electron chi connectivity index (χ3n) is 4.18. The fourth-order valence-corrected chi connectivity index (χ4v) is 2.73. The highest BCUT2D eigenvalue weighted by Crippen LogP contribution is 2.25. The Kier molecular flexibility index (Phi) is 9.28. The molecule has 0 bridgehead atoms. The number of rotatable bonds is 8. The van der Waals surface area contributed by atoms with E-state index in [0.717, 1.165) is 30.5 Å². The highest BCUT2D eigenvalue weighted by molar-refractivity contribution is 5.85. The van der Waals surface area contributed by atoms with Gasteiger partial charge in [0.1, 0.15) is 6.61 Å². The molecule has 22 heavy (non-hydrogen) atoms. The molecule has 1 aromatic rings. The van der Waals surface area contributed by atoms with Gasteiger partial charge >= 0.3 is 0 Å². The molecule has 126 valence electrons. The normalized spacial score (nSPS) is 15.4. The van der Waals surface area contributed by atoms with E-state index in [2.05, 4.69) is 17.3 Å². The van der Waals surface area contributed by atoms with Crippen molar-refractivity contribution in [2.24, 2.45) is 5.92 Å². The van der Waals surface area contributed by atoms with Crippen molar-refractivity contribution in [1.29, 1.82) is 0 Å². The quantitative estimate of drug-likeness (QED) is 0.795. The lowest BCUT2D eigenvalue weighted by atomic mass is 9.94. The third-order valence-corrected chi connectivity index (χ3v) is 4.18. The van der Waals surface area contributed by atoms with Crippen LogP contribution >= 0.6 is 12.4 Å². The van der Waals surface area contributed by atoms with Gasteiger partial charge in [-0.3, -0.25) is 0 Å². The van der Waals surface area contributed by atoms with Crippen LogP contribution in [0.1, 0.15) is 19.3 Å². The van der Waals surface area contributed by atoms with Crippen LogP contribution in [-0.4, -0.2) is 51.8 Å². The Labute approximate surface area is 140 Å². The molecule has 1 fully saturated rings. The van der Waals surface area contributed by atoms with E-state index in [1.807, 2.05) is 24.3 Å². The number of methoxy groups -OCH3 is 1. The minimum absolute atomic E-state index is 0. The number of benzene rings is 1. The van der Waals surface area contributed by atoms with Crippen molar-refractivity contribution in [3.8, 4) is 11.5 Å². The Balaban J connectivity index is 0.00000242. The fraction of sp³-hybridized carbons (Fsp3) is 0.647. The van der Waals surface area contributed by atoms with Gasteiger partial charge in [0, 0.05) is 6.54 Å². The lowest BCUT2D eigenvalue weighted by molar-refractivity contribution is 0.214. The lowest BCUT2D eigenvalue weighted by Crippen LogP contribution is -2.31. The van der Waals surface area contributed by atoms with Gasteiger partial charge in [0.05, 0.1) is 7.11 Å². The first-order valence-electron chi connectivity index (χ1n) is 7.94. The molecular weight excluding hydrogens is 300 g/mol. The number of nitrogens with one attached hydrogen (secondary N) is 1. The number of piperidine rings is 1. The van der Waals surface area contributed by atoms with Crippen molar-refractivity contribution in [2.75, 3.05) is 46.9 Å². The van der Waals surface area contributed by atoms with Crippen molar-refractivity contribution in [2.45, 2.75) is 19.3 Å². The largest absolute Gasteiger partial charge is 0.493 e. The zero-order chi connectivity index (χ0) is 14.9. The molecule has 5 heteroatoms. The van der Waals surface area contributed by atoms with Gasteiger partial charge in [0.2, 0.25) is 0 Å². The maximum atomic E-state index is 5.81. The predicted octanol–water partition coefficient (Wildman–Crippen LogP) is 2.82. The van der Waals surface area contributed by atoms with Gasteiger partial charge in [0.15, 0.2) is 11.5 Å². The van der Waals surface area contributed by atoms with E-state index < -0.39 is 0 Å². The van der Waals surface area contributed by atoms with Crippen LogP contribution in [0.4, 0.5) is 0 Å². The van der Waals surface area contributed by atoms with Crippen LogP contribution in [0.25, 0.3) is 0 Å². The van der Waals surface area contributed by atoms with Crippen LogP contribution in [0.15, 0.2) is 24.3 Å². The second-order valence-corrected chi connectivity index (χ2v) is 5.78. The number of para-hydroxylation sites is 2. The lowest BCUT2D eigenvalue weighted by Gasteiger charge is -2.25. The second-order valence-electron chi connectivity index (χ2n) is 5.78. The summed E-state index contributed by atoms with van der Waals surface area (Å²) in [5, 5.41) is 3.42. The number of nitrogens with zero attached hydrogens (tertiary/aromatic N) is 1. The molecule has 0 saturated carbocycles. The van der Waals surface area contributed by atoms with Gasteiger partial charge in [-0.2, -0.15) is 0 Å². The van der Waals surface area contributed by atoms with Crippen LogP contribution in [0.5, 0.6) is 11.5 Å². The van der Waals surface area contributed by atoms with Gasteiger partial charge in [-0.05, 0) is 64.0 Å². The molecule has 0 radical (unpaired) electrons. The molecule has 1 aliphatic heterocycles. The average molecular weight is 329 g/mol. The maximum absolute atomic E-state index is 5.81. The first kappa shape index (κ1) is 19.1. The van der Waals surface area contributed by atoms with E-state index in [-0.39, 0.29) is 12.4 Å². The van der Waals surface area contributed by atoms with Crippen molar-refractivity contribution in [1.82, 2.24) is 10.2 Å². The molecule has 0 amide bonds. The van der Waals surface area contributed by atoms with E-state index in [1.54, 1.807) is 7.11 Å². The van der Waals surface area contributed by atoms with Gasteiger partial charge in [-0.1, -0.05) is 12.1 Å². The van der Waals surface area contributed by atoms with E-state index in [1.165, 1.54) is 32.4 Å². The summed E-state index contributed by atoms with van der Waals surface area (Å²) in [6, 6.07) is 7.81. The smallest absolute Gasteiger partial charge is 0.161 e. The maximum Gasteiger partial charge on any atom is 0.161 e.